The van der Waals surface area contributed by atoms with E-state index in [1.54, 1.807) is 30.3 Å². The first-order valence-corrected chi connectivity index (χ1v) is 9.03. The number of nitrogens with one attached hydrogen (secondary N) is 2. The number of carbonyl (C=O) groups is 1. The number of hydrogen-bond acceptors (Lipinski definition) is 6. The van der Waals surface area contributed by atoms with Crippen molar-refractivity contribution in [3.8, 4) is 28.1 Å². The minimum Gasteiger partial charge on any atom is -0.437 e. The van der Waals surface area contributed by atoms with Crippen LogP contribution < -0.4 is 10.1 Å². The number of rotatable bonds is 5. The number of amides is 1. The number of nitrogens with zero attached hydrogens (tertiary/aromatic N) is 3. The largest absolute Gasteiger partial charge is 0.437 e. The summed E-state index contributed by atoms with van der Waals surface area (Å²) in [5.41, 5.74) is 2.72. The van der Waals surface area contributed by atoms with E-state index in [1.165, 1.54) is 23.6 Å². The van der Waals surface area contributed by atoms with Crippen LogP contribution in [-0.2, 0) is 4.79 Å². The number of nitriles is 1. The number of aromatic nitrogens is 3. The number of hydrogen-bond donors (Lipinski definition) is 2. The number of fused-ring (bicyclic) bond motifs is 1. The highest BCUT2D eigenvalue weighted by Crippen LogP contribution is 2.33. The molecular formula is C20H13N5O2S. The Morgan fingerprint density at radius 2 is 2.25 bits per heavy atom. The topological polar surface area (TPSA) is 104 Å². The van der Waals surface area contributed by atoms with Crippen molar-refractivity contribution in [3.63, 3.8) is 0 Å². The van der Waals surface area contributed by atoms with Crippen LogP contribution in [0.5, 0.6) is 11.6 Å². The Morgan fingerprint density at radius 1 is 1.36 bits per heavy atom. The van der Waals surface area contributed by atoms with E-state index >= 15 is 0 Å². The number of aromatic amines is 1. The van der Waals surface area contributed by atoms with Gasteiger partial charge in [0.15, 0.2) is 5.65 Å². The maximum absolute atomic E-state index is 11.4. The molecule has 0 aliphatic rings. The van der Waals surface area contributed by atoms with Crippen LogP contribution in [-0.4, -0.2) is 20.9 Å². The maximum atomic E-state index is 11.4. The molecule has 0 saturated heterocycles. The van der Waals surface area contributed by atoms with Crippen molar-refractivity contribution in [1.29, 1.82) is 5.26 Å². The van der Waals surface area contributed by atoms with Gasteiger partial charge in [-0.3, -0.25) is 4.79 Å². The first kappa shape index (κ1) is 17.5. The quantitative estimate of drug-likeness (QED) is 0.492. The number of anilines is 1. The molecule has 7 nitrogen and oxygen atoms in total. The Labute approximate surface area is 164 Å². The summed E-state index contributed by atoms with van der Waals surface area (Å²) in [5.74, 6) is 0.524. The second kappa shape index (κ2) is 7.34. The molecule has 4 rings (SSSR count). The van der Waals surface area contributed by atoms with Gasteiger partial charge in [-0.15, -0.1) is 11.3 Å². The van der Waals surface area contributed by atoms with Gasteiger partial charge in [0.2, 0.25) is 11.8 Å². The van der Waals surface area contributed by atoms with Crippen molar-refractivity contribution >= 4 is 34.1 Å². The molecule has 136 valence electrons. The number of carbonyl (C=O) groups excluding carboxylic acids is 1. The van der Waals surface area contributed by atoms with Gasteiger partial charge in [-0.25, -0.2) is 9.97 Å². The highest BCUT2D eigenvalue weighted by atomic mass is 32.1. The Hall–Kier alpha value is -3.96. The van der Waals surface area contributed by atoms with E-state index in [9.17, 15) is 4.79 Å². The van der Waals surface area contributed by atoms with Crippen LogP contribution in [0, 0.1) is 11.3 Å². The number of thiophene rings is 1. The first-order valence-electron chi connectivity index (χ1n) is 8.22. The lowest BCUT2D eigenvalue weighted by Crippen LogP contribution is -2.07. The lowest BCUT2D eigenvalue weighted by atomic mass is 10.2. The third-order valence-corrected chi connectivity index (χ3v) is 4.87. The number of benzene rings is 1. The molecule has 3 aromatic heterocycles. The fraction of sp³-hybridized carbons (Fsp3) is 0. The van der Waals surface area contributed by atoms with Gasteiger partial charge in [-0.2, -0.15) is 5.26 Å². The van der Waals surface area contributed by atoms with E-state index in [0.717, 1.165) is 10.4 Å². The van der Waals surface area contributed by atoms with Crippen molar-refractivity contribution in [2.24, 2.45) is 0 Å². The van der Waals surface area contributed by atoms with Crippen LogP contribution in [0.3, 0.4) is 0 Å². The summed E-state index contributed by atoms with van der Waals surface area (Å²) in [7, 11) is 0. The summed E-state index contributed by atoms with van der Waals surface area (Å²) in [6, 6.07) is 12.7. The third-order valence-electron chi connectivity index (χ3n) is 3.85. The zero-order chi connectivity index (χ0) is 19.5. The average Bonchev–Trinajstić information content (AvgIpc) is 3.34. The predicted octanol–water partition coefficient (Wildman–Crippen LogP) is 4.47. The van der Waals surface area contributed by atoms with E-state index in [1.807, 2.05) is 12.3 Å². The molecule has 0 spiro atoms. The van der Waals surface area contributed by atoms with E-state index in [2.05, 4.69) is 32.9 Å². The van der Waals surface area contributed by atoms with Gasteiger partial charge in [-0.1, -0.05) is 12.6 Å². The molecule has 1 amide bonds. The van der Waals surface area contributed by atoms with Gasteiger partial charge >= 0.3 is 0 Å². The Kier molecular flexibility index (Phi) is 4.58. The van der Waals surface area contributed by atoms with Crippen LogP contribution in [0.25, 0.3) is 21.6 Å². The molecule has 3 heterocycles. The molecule has 8 heteroatoms. The van der Waals surface area contributed by atoms with Crippen molar-refractivity contribution in [2.75, 3.05) is 5.32 Å². The summed E-state index contributed by atoms with van der Waals surface area (Å²) in [6.45, 7) is 3.43. The van der Waals surface area contributed by atoms with Crippen molar-refractivity contribution in [3.05, 3.63) is 66.3 Å². The summed E-state index contributed by atoms with van der Waals surface area (Å²) >= 11 is 1.39. The lowest BCUT2D eigenvalue weighted by Gasteiger charge is -2.07. The summed E-state index contributed by atoms with van der Waals surface area (Å²) in [5, 5.41) is 11.7. The fourth-order valence-corrected chi connectivity index (χ4v) is 3.43. The Balaban J connectivity index is 1.64. The molecule has 0 saturated carbocycles. The molecule has 2 N–H and O–H groups in total. The predicted molar refractivity (Wildman–Crippen MR) is 107 cm³/mol. The third kappa shape index (κ3) is 3.47. The Bertz CT molecular complexity index is 1230. The van der Waals surface area contributed by atoms with Crippen LogP contribution in [0.2, 0.25) is 0 Å². The van der Waals surface area contributed by atoms with Gasteiger partial charge in [0.05, 0.1) is 6.20 Å². The van der Waals surface area contributed by atoms with E-state index in [4.69, 9.17) is 10.00 Å². The molecule has 0 radical (unpaired) electrons. The fourth-order valence-electron chi connectivity index (χ4n) is 2.61. The maximum Gasteiger partial charge on any atom is 0.247 e. The normalized spacial score (nSPS) is 10.4. The van der Waals surface area contributed by atoms with Gasteiger partial charge in [0, 0.05) is 28.4 Å². The van der Waals surface area contributed by atoms with Crippen molar-refractivity contribution in [1.82, 2.24) is 15.0 Å². The van der Waals surface area contributed by atoms with Gasteiger partial charge in [0.1, 0.15) is 22.2 Å². The second-order valence-electron chi connectivity index (χ2n) is 5.71. The average molecular weight is 387 g/mol. The van der Waals surface area contributed by atoms with Gasteiger partial charge in [-0.05, 0) is 30.3 Å². The van der Waals surface area contributed by atoms with E-state index in [-0.39, 0.29) is 5.91 Å². The van der Waals surface area contributed by atoms with Crippen LogP contribution in [0.4, 0.5) is 5.69 Å². The molecule has 0 fully saturated rings. The number of ether oxygens (including phenoxy) is 1. The highest BCUT2D eigenvalue weighted by molar-refractivity contribution is 7.16. The highest BCUT2D eigenvalue weighted by Gasteiger charge is 2.13. The smallest absolute Gasteiger partial charge is 0.247 e. The van der Waals surface area contributed by atoms with Crippen molar-refractivity contribution < 1.29 is 9.53 Å². The molecule has 28 heavy (non-hydrogen) atoms. The van der Waals surface area contributed by atoms with Crippen LogP contribution >= 0.6 is 11.3 Å². The minimum atomic E-state index is -0.303. The minimum absolute atomic E-state index is 0.303. The molecule has 0 unspecified atom stereocenters. The molecule has 0 bridgehead atoms. The first-order chi connectivity index (χ1) is 13.7. The molecular weight excluding hydrogens is 374 g/mol. The van der Waals surface area contributed by atoms with Crippen LogP contribution in [0.15, 0.2) is 61.4 Å². The molecule has 1 aromatic carbocycles. The van der Waals surface area contributed by atoms with Gasteiger partial charge < -0.3 is 15.0 Å². The molecule has 0 aliphatic heterocycles. The second-order valence-corrected chi connectivity index (χ2v) is 6.79. The van der Waals surface area contributed by atoms with Gasteiger partial charge in [0.25, 0.3) is 0 Å². The zero-order valence-corrected chi connectivity index (χ0v) is 15.3. The zero-order valence-electron chi connectivity index (χ0n) is 14.5. The van der Waals surface area contributed by atoms with E-state index in [0.29, 0.717) is 33.4 Å². The SMILES string of the molecule is C=CC(=O)Nc1cccc(Oc2cnc3[nH]cc(-c4ccc(C#N)s4)c3n2)c1. The monoisotopic (exact) mass is 387 g/mol. The standard InChI is InChI=1S/C20H13N5O2S/c1-2-17(26)24-12-4-3-5-13(8-12)27-18-11-23-20-19(25-18)15(10-22-20)16-7-6-14(9-21)28-16/h2-8,10-11H,1H2,(H,22,23)(H,24,26). The summed E-state index contributed by atoms with van der Waals surface area (Å²) in [6.07, 6.45) is 4.53. The Morgan fingerprint density at radius 3 is 3.04 bits per heavy atom. The lowest BCUT2D eigenvalue weighted by molar-refractivity contribution is -0.111. The summed E-state index contributed by atoms with van der Waals surface area (Å²) < 4.78 is 5.82. The summed E-state index contributed by atoms with van der Waals surface area (Å²) in [4.78, 5) is 25.0. The number of H-pyrrole nitrogens is 1. The van der Waals surface area contributed by atoms with E-state index < -0.39 is 0 Å². The molecule has 0 atom stereocenters. The van der Waals surface area contributed by atoms with Crippen molar-refractivity contribution in [2.45, 2.75) is 0 Å². The molecule has 0 aliphatic carbocycles. The van der Waals surface area contributed by atoms with Crippen LogP contribution in [0.1, 0.15) is 4.88 Å². The molecule has 4 aromatic rings.